The number of nitrogen functional groups attached to an aromatic ring is 1. The van der Waals surface area contributed by atoms with Crippen LogP contribution in [0.4, 0.5) is 5.69 Å². The van der Waals surface area contributed by atoms with Crippen LogP contribution in [0.25, 0.3) is 11.4 Å². The molecule has 1 aromatic carbocycles. The van der Waals surface area contributed by atoms with E-state index in [2.05, 4.69) is 36.3 Å². The van der Waals surface area contributed by atoms with E-state index >= 15 is 0 Å². The molecule has 2 rings (SSSR count). The van der Waals surface area contributed by atoms with Gasteiger partial charge in [0.25, 0.3) is 0 Å². The molecular formula is C13H18ClN5. The van der Waals surface area contributed by atoms with Crippen LogP contribution >= 0.6 is 11.6 Å². The maximum absolute atomic E-state index is 6.04. The molecule has 1 aromatic heterocycles. The van der Waals surface area contributed by atoms with Crippen LogP contribution in [0, 0.1) is 11.8 Å². The van der Waals surface area contributed by atoms with E-state index in [0.717, 1.165) is 12.1 Å². The second-order valence-corrected chi connectivity index (χ2v) is 5.51. The van der Waals surface area contributed by atoms with E-state index in [1.807, 2.05) is 12.1 Å². The van der Waals surface area contributed by atoms with Gasteiger partial charge in [-0.2, -0.15) is 0 Å². The van der Waals surface area contributed by atoms with Crippen molar-refractivity contribution >= 4 is 17.3 Å². The molecule has 0 amide bonds. The van der Waals surface area contributed by atoms with Gasteiger partial charge in [0.2, 0.25) is 0 Å². The van der Waals surface area contributed by atoms with Gasteiger partial charge in [-0.05, 0) is 34.4 Å². The normalized spacial score (nSPS) is 12.9. The molecule has 6 heteroatoms. The Hall–Kier alpha value is -1.62. The summed E-state index contributed by atoms with van der Waals surface area (Å²) in [5.41, 5.74) is 7.28. The molecule has 0 saturated carbocycles. The van der Waals surface area contributed by atoms with Crippen molar-refractivity contribution in [3.05, 3.63) is 23.2 Å². The molecular weight excluding hydrogens is 262 g/mol. The smallest absolute Gasteiger partial charge is 0.184 e. The predicted octanol–water partition coefficient (Wildman–Crippen LogP) is 2.87. The number of hydrogen-bond acceptors (Lipinski definition) is 4. The summed E-state index contributed by atoms with van der Waals surface area (Å²) in [4.78, 5) is 0. The van der Waals surface area contributed by atoms with Gasteiger partial charge in [0.15, 0.2) is 5.82 Å². The fraction of sp³-hybridized carbons (Fsp3) is 0.462. The van der Waals surface area contributed by atoms with E-state index in [1.54, 1.807) is 10.7 Å². The molecule has 0 aliphatic rings. The van der Waals surface area contributed by atoms with Gasteiger partial charge < -0.3 is 5.73 Å². The molecule has 2 aromatic rings. The summed E-state index contributed by atoms with van der Waals surface area (Å²) in [6.07, 6.45) is 0. The first-order valence-electron chi connectivity index (χ1n) is 6.31. The fourth-order valence-electron chi connectivity index (χ4n) is 1.74. The van der Waals surface area contributed by atoms with Crippen LogP contribution in [-0.2, 0) is 6.54 Å². The zero-order valence-corrected chi connectivity index (χ0v) is 12.1. The summed E-state index contributed by atoms with van der Waals surface area (Å²) >= 11 is 6.04. The minimum absolute atomic E-state index is 0.475. The number of nitrogens with zero attached hydrogens (tertiary/aromatic N) is 4. The van der Waals surface area contributed by atoms with Crippen LogP contribution in [0.2, 0.25) is 5.02 Å². The summed E-state index contributed by atoms with van der Waals surface area (Å²) in [5.74, 6) is 1.70. The predicted molar refractivity (Wildman–Crippen MR) is 76.7 cm³/mol. The van der Waals surface area contributed by atoms with E-state index in [4.69, 9.17) is 17.3 Å². The monoisotopic (exact) mass is 279 g/mol. The number of halogens is 1. The highest BCUT2D eigenvalue weighted by Crippen LogP contribution is 2.30. The van der Waals surface area contributed by atoms with Gasteiger partial charge in [-0.1, -0.05) is 38.4 Å². The molecule has 102 valence electrons. The number of aromatic nitrogens is 4. The Bertz CT molecular complexity index is 564. The number of rotatable bonds is 4. The van der Waals surface area contributed by atoms with Crippen molar-refractivity contribution < 1.29 is 0 Å². The Kier molecular flexibility index (Phi) is 4.04. The number of benzene rings is 1. The van der Waals surface area contributed by atoms with E-state index in [9.17, 15) is 0 Å². The van der Waals surface area contributed by atoms with E-state index in [0.29, 0.717) is 28.4 Å². The highest BCUT2D eigenvalue weighted by Gasteiger charge is 2.16. The van der Waals surface area contributed by atoms with Gasteiger partial charge in [0.05, 0.1) is 10.7 Å². The Morgan fingerprint density at radius 2 is 2.05 bits per heavy atom. The molecule has 1 unspecified atom stereocenters. The first-order valence-corrected chi connectivity index (χ1v) is 6.69. The molecule has 0 aliphatic heterocycles. The van der Waals surface area contributed by atoms with Crippen molar-refractivity contribution in [1.29, 1.82) is 0 Å². The lowest BCUT2D eigenvalue weighted by atomic mass is 9.98. The molecule has 1 heterocycles. The van der Waals surface area contributed by atoms with Crippen molar-refractivity contribution in [3.63, 3.8) is 0 Å². The SMILES string of the molecule is CC(C)C(C)Cn1nnnc1-c1cccc(Cl)c1N. The van der Waals surface area contributed by atoms with E-state index in [1.165, 1.54) is 0 Å². The lowest BCUT2D eigenvalue weighted by Gasteiger charge is -2.16. The second kappa shape index (κ2) is 5.57. The van der Waals surface area contributed by atoms with Gasteiger partial charge in [-0.25, -0.2) is 4.68 Å². The van der Waals surface area contributed by atoms with E-state index < -0.39 is 0 Å². The summed E-state index contributed by atoms with van der Waals surface area (Å²) < 4.78 is 1.78. The lowest BCUT2D eigenvalue weighted by Crippen LogP contribution is -2.15. The van der Waals surface area contributed by atoms with Gasteiger partial charge in [-0.15, -0.1) is 5.10 Å². The molecule has 0 bridgehead atoms. The first kappa shape index (κ1) is 13.8. The Morgan fingerprint density at radius 3 is 2.74 bits per heavy atom. The molecule has 0 fully saturated rings. The van der Waals surface area contributed by atoms with Crippen molar-refractivity contribution in [2.24, 2.45) is 11.8 Å². The highest BCUT2D eigenvalue weighted by atomic mass is 35.5. The van der Waals surface area contributed by atoms with Crippen molar-refractivity contribution in [1.82, 2.24) is 20.2 Å². The van der Waals surface area contributed by atoms with Crippen LogP contribution in [-0.4, -0.2) is 20.2 Å². The number of anilines is 1. The summed E-state index contributed by atoms with van der Waals surface area (Å²) in [6.45, 7) is 7.30. The highest BCUT2D eigenvalue weighted by molar-refractivity contribution is 6.33. The summed E-state index contributed by atoms with van der Waals surface area (Å²) in [7, 11) is 0. The van der Waals surface area contributed by atoms with Crippen molar-refractivity contribution in [2.75, 3.05) is 5.73 Å². The molecule has 5 nitrogen and oxygen atoms in total. The quantitative estimate of drug-likeness (QED) is 0.874. The number of nitrogens with two attached hydrogens (primary N) is 1. The molecule has 1 atom stereocenters. The molecule has 2 N–H and O–H groups in total. The zero-order chi connectivity index (χ0) is 14.0. The van der Waals surface area contributed by atoms with Gasteiger partial charge in [-0.3, -0.25) is 0 Å². The van der Waals surface area contributed by atoms with Crippen LogP contribution in [0.3, 0.4) is 0 Å². The van der Waals surface area contributed by atoms with Crippen LogP contribution in [0.1, 0.15) is 20.8 Å². The third-order valence-corrected chi connectivity index (χ3v) is 3.75. The first-order chi connectivity index (χ1) is 9.00. The molecule has 0 spiro atoms. The van der Waals surface area contributed by atoms with Crippen molar-refractivity contribution in [3.8, 4) is 11.4 Å². The van der Waals surface area contributed by atoms with Crippen LogP contribution in [0.15, 0.2) is 18.2 Å². The zero-order valence-electron chi connectivity index (χ0n) is 11.3. The molecule has 19 heavy (non-hydrogen) atoms. The summed E-state index contributed by atoms with van der Waals surface area (Å²) in [6, 6.07) is 5.48. The maximum atomic E-state index is 6.04. The molecule has 0 radical (unpaired) electrons. The standard InChI is InChI=1S/C13H18ClN5/c1-8(2)9(3)7-19-13(16-17-18-19)10-5-4-6-11(14)12(10)15/h4-6,8-9H,7,15H2,1-3H3. The summed E-state index contributed by atoms with van der Waals surface area (Å²) in [5, 5.41) is 12.4. The Morgan fingerprint density at radius 1 is 1.32 bits per heavy atom. The largest absolute Gasteiger partial charge is 0.397 e. The van der Waals surface area contributed by atoms with Gasteiger partial charge >= 0.3 is 0 Å². The third kappa shape index (κ3) is 2.87. The third-order valence-electron chi connectivity index (χ3n) is 3.42. The van der Waals surface area contributed by atoms with Gasteiger partial charge in [0.1, 0.15) is 0 Å². The van der Waals surface area contributed by atoms with Crippen LogP contribution < -0.4 is 5.73 Å². The average molecular weight is 280 g/mol. The topological polar surface area (TPSA) is 69.6 Å². The minimum atomic E-state index is 0.475. The number of tetrazole rings is 1. The van der Waals surface area contributed by atoms with Crippen molar-refractivity contribution in [2.45, 2.75) is 27.3 Å². The van der Waals surface area contributed by atoms with Gasteiger partial charge in [0, 0.05) is 12.1 Å². The molecule has 0 saturated heterocycles. The number of hydrogen-bond donors (Lipinski definition) is 1. The molecule has 0 aliphatic carbocycles. The van der Waals surface area contributed by atoms with Crippen LogP contribution in [0.5, 0.6) is 0 Å². The maximum Gasteiger partial charge on any atom is 0.184 e. The minimum Gasteiger partial charge on any atom is -0.397 e. The second-order valence-electron chi connectivity index (χ2n) is 5.11. The Labute approximate surface area is 117 Å². The number of para-hydroxylation sites is 1. The average Bonchev–Trinajstić information content (AvgIpc) is 2.80. The fourth-order valence-corrected chi connectivity index (χ4v) is 1.91. The Balaban J connectivity index is 2.36. The van der Waals surface area contributed by atoms with E-state index in [-0.39, 0.29) is 0 Å². The lowest BCUT2D eigenvalue weighted by molar-refractivity contribution is 0.347.